The first-order valence-electron chi connectivity index (χ1n) is 2.32. The lowest BCUT2D eigenvalue weighted by atomic mass is 10.4. The molecule has 0 aromatic heterocycles. The molecule has 0 aromatic rings. The number of hydrogen-bond donors (Lipinski definition) is 0. The summed E-state index contributed by atoms with van der Waals surface area (Å²) < 4.78 is 51.1. The standard InChI is InChI=1S/C5H2F4O/c6-3-1-2-10-5(8,9)4(3)7/h1-2H. The van der Waals surface area contributed by atoms with Crippen molar-refractivity contribution >= 4 is 0 Å². The van der Waals surface area contributed by atoms with Gasteiger partial charge in [0.05, 0.1) is 6.26 Å². The molecule has 1 rings (SSSR count). The molecule has 5 heteroatoms. The van der Waals surface area contributed by atoms with Gasteiger partial charge in [-0.15, -0.1) is 0 Å². The molecule has 0 unspecified atom stereocenters. The van der Waals surface area contributed by atoms with E-state index in [9.17, 15) is 17.6 Å². The zero-order chi connectivity index (χ0) is 7.78. The summed E-state index contributed by atoms with van der Waals surface area (Å²) in [5, 5.41) is 0. The van der Waals surface area contributed by atoms with Gasteiger partial charge in [0.25, 0.3) is 0 Å². The highest BCUT2D eigenvalue weighted by Gasteiger charge is 2.41. The predicted molar refractivity (Wildman–Crippen MR) is 24.4 cm³/mol. The van der Waals surface area contributed by atoms with Crippen LogP contribution in [0, 0.1) is 0 Å². The molecule has 0 N–H and O–H groups in total. The van der Waals surface area contributed by atoms with Gasteiger partial charge in [0, 0.05) is 6.08 Å². The van der Waals surface area contributed by atoms with Crippen LogP contribution in [0.25, 0.3) is 0 Å². The normalized spacial score (nSPS) is 22.8. The molecule has 0 atom stereocenters. The first-order chi connectivity index (χ1) is 4.54. The second kappa shape index (κ2) is 2.00. The summed E-state index contributed by atoms with van der Waals surface area (Å²) in [6.07, 6.45) is -3.26. The molecule has 0 aliphatic carbocycles. The SMILES string of the molecule is FC1=C(F)C(F)(F)OC=C1. The number of ether oxygens (including phenoxy) is 1. The van der Waals surface area contributed by atoms with E-state index in [-0.39, 0.29) is 0 Å². The Balaban J connectivity index is 2.99. The molecule has 0 fully saturated rings. The van der Waals surface area contributed by atoms with Crippen molar-refractivity contribution < 1.29 is 22.3 Å². The lowest BCUT2D eigenvalue weighted by molar-refractivity contribution is -0.189. The smallest absolute Gasteiger partial charge is 0.435 e. The van der Waals surface area contributed by atoms with E-state index in [2.05, 4.69) is 4.74 Å². The van der Waals surface area contributed by atoms with Gasteiger partial charge in [-0.3, -0.25) is 0 Å². The third kappa shape index (κ3) is 0.984. The summed E-state index contributed by atoms with van der Waals surface area (Å²) in [7, 11) is 0. The van der Waals surface area contributed by atoms with Crippen LogP contribution in [0.3, 0.4) is 0 Å². The Morgan fingerprint density at radius 2 is 1.90 bits per heavy atom. The van der Waals surface area contributed by atoms with E-state index < -0.39 is 17.8 Å². The van der Waals surface area contributed by atoms with Crippen LogP contribution in [0.5, 0.6) is 0 Å². The van der Waals surface area contributed by atoms with Crippen LogP contribution in [0.4, 0.5) is 17.6 Å². The molecule has 0 bridgehead atoms. The minimum Gasteiger partial charge on any atom is -0.435 e. The first-order valence-corrected chi connectivity index (χ1v) is 2.32. The molecule has 1 nitrogen and oxygen atoms in total. The van der Waals surface area contributed by atoms with Crippen molar-refractivity contribution in [3.63, 3.8) is 0 Å². The molecule has 10 heavy (non-hydrogen) atoms. The Hall–Kier alpha value is -1.00. The van der Waals surface area contributed by atoms with Gasteiger partial charge >= 0.3 is 6.11 Å². The summed E-state index contributed by atoms with van der Waals surface area (Å²) in [6.45, 7) is 0. The van der Waals surface area contributed by atoms with E-state index in [0.29, 0.717) is 12.3 Å². The fraction of sp³-hybridized carbons (Fsp3) is 0.200. The number of alkyl halides is 2. The largest absolute Gasteiger partial charge is 0.456 e. The molecular formula is C5H2F4O. The predicted octanol–water partition coefficient (Wildman–Crippen LogP) is 2.27. The van der Waals surface area contributed by atoms with Gasteiger partial charge in [0.2, 0.25) is 5.83 Å². The van der Waals surface area contributed by atoms with Crippen LogP contribution in [-0.2, 0) is 4.74 Å². The van der Waals surface area contributed by atoms with Crippen LogP contribution < -0.4 is 0 Å². The van der Waals surface area contributed by atoms with Crippen LogP contribution in [0.15, 0.2) is 24.0 Å². The van der Waals surface area contributed by atoms with E-state index in [0.717, 1.165) is 0 Å². The maximum Gasteiger partial charge on any atom is 0.456 e. The fourth-order valence-corrected chi connectivity index (χ4v) is 0.443. The highest BCUT2D eigenvalue weighted by atomic mass is 19.3. The second-order valence-electron chi connectivity index (χ2n) is 1.60. The topological polar surface area (TPSA) is 9.23 Å². The van der Waals surface area contributed by atoms with Crippen LogP contribution >= 0.6 is 0 Å². The molecule has 0 amide bonds. The van der Waals surface area contributed by atoms with Gasteiger partial charge in [-0.1, -0.05) is 0 Å². The van der Waals surface area contributed by atoms with E-state index >= 15 is 0 Å². The Labute approximate surface area is 53.6 Å². The van der Waals surface area contributed by atoms with Gasteiger partial charge < -0.3 is 4.74 Å². The number of allylic oxidation sites excluding steroid dienone is 2. The van der Waals surface area contributed by atoms with Crippen molar-refractivity contribution in [2.75, 3.05) is 0 Å². The Bertz CT molecular complexity index is 206. The summed E-state index contributed by atoms with van der Waals surface area (Å²) in [5.41, 5.74) is 0. The number of hydrogen-bond acceptors (Lipinski definition) is 1. The van der Waals surface area contributed by atoms with Gasteiger partial charge in [0.15, 0.2) is 5.83 Å². The van der Waals surface area contributed by atoms with Crippen molar-refractivity contribution in [2.45, 2.75) is 6.11 Å². The molecule has 0 aromatic carbocycles. The molecule has 0 saturated heterocycles. The molecular weight excluding hydrogens is 152 g/mol. The Morgan fingerprint density at radius 1 is 1.30 bits per heavy atom. The van der Waals surface area contributed by atoms with Crippen LogP contribution in [-0.4, -0.2) is 6.11 Å². The Kier molecular flexibility index (Phi) is 1.42. The van der Waals surface area contributed by atoms with Crippen molar-refractivity contribution in [1.82, 2.24) is 0 Å². The minimum absolute atomic E-state index is 0.401. The maximum absolute atomic E-state index is 11.9. The van der Waals surface area contributed by atoms with Crippen molar-refractivity contribution in [3.8, 4) is 0 Å². The van der Waals surface area contributed by atoms with E-state index in [1.807, 2.05) is 0 Å². The molecule has 1 heterocycles. The van der Waals surface area contributed by atoms with Crippen molar-refractivity contribution in [1.29, 1.82) is 0 Å². The highest BCUT2D eigenvalue weighted by Crippen LogP contribution is 2.33. The number of halogens is 4. The van der Waals surface area contributed by atoms with Gasteiger partial charge in [-0.2, -0.15) is 13.2 Å². The molecule has 0 radical (unpaired) electrons. The summed E-state index contributed by atoms with van der Waals surface area (Å²) >= 11 is 0. The van der Waals surface area contributed by atoms with Crippen LogP contribution in [0.2, 0.25) is 0 Å². The molecule has 1 aliphatic heterocycles. The monoisotopic (exact) mass is 154 g/mol. The van der Waals surface area contributed by atoms with Crippen LogP contribution in [0.1, 0.15) is 0 Å². The minimum atomic E-state index is -4.14. The summed E-state index contributed by atoms with van der Waals surface area (Å²) in [5.74, 6) is -3.79. The van der Waals surface area contributed by atoms with Gasteiger partial charge in [-0.05, 0) is 0 Å². The van der Waals surface area contributed by atoms with E-state index in [4.69, 9.17) is 0 Å². The average molecular weight is 154 g/mol. The molecule has 1 aliphatic rings. The quantitative estimate of drug-likeness (QED) is 0.486. The lowest BCUT2D eigenvalue weighted by Crippen LogP contribution is -2.21. The molecule has 0 saturated carbocycles. The molecule has 56 valence electrons. The molecule has 0 spiro atoms. The highest BCUT2D eigenvalue weighted by molar-refractivity contribution is 5.20. The second-order valence-corrected chi connectivity index (χ2v) is 1.60. The third-order valence-corrected chi connectivity index (χ3v) is 0.896. The maximum atomic E-state index is 11.9. The van der Waals surface area contributed by atoms with Crippen molar-refractivity contribution in [2.24, 2.45) is 0 Å². The van der Waals surface area contributed by atoms with Crippen molar-refractivity contribution in [3.05, 3.63) is 24.0 Å². The lowest BCUT2D eigenvalue weighted by Gasteiger charge is -2.15. The third-order valence-electron chi connectivity index (χ3n) is 0.896. The zero-order valence-corrected chi connectivity index (χ0v) is 4.57. The fourth-order valence-electron chi connectivity index (χ4n) is 0.443. The zero-order valence-electron chi connectivity index (χ0n) is 4.57. The first kappa shape index (κ1) is 7.11. The van der Waals surface area contributed by atoms with E-state index in [1.54, 1.807) is 0 Å². The number of rotatable bonds is 0. The summed E-state index contributed by atoms with van der Waals surface area (Å²) in [4.78, 5) is 0. The van der Waals surface area contributed by atoms with Gasteiger partial charge in [-0.25, -0.2) is 4.39 Å². The van der Waals surface area contributed by atoms with E-state index in [1.165, 1.54) is 0 Å². The summed E-state index contributed by atoms with van der Waals surface area (Å²) in [6, 6.07) is 0. The average Bonchev–Trinajstić information content (AvgIpc) is 1.83. The van der Waals surface area contributed by atoms with Gasteiger partial charge in [0.1, 0.15) is 0 Å². The Morgan fingerprint density at radius 3 is 2.30 bits per heavy atom.